The van der Waals surface area contributed by atoms with Gasteiger partial charge in [0.25, 0.3) is 0 Å². The predicted molar refractivity (Wildman–Crippen MR) is 208 cm³/mol. The summed E-state index contributed by atoms with van der Waals surface area (Å²) in [7, 11) is 0. The van der Waals surface area contributed by atoms with Crippen molar-refractivity contribution in [3.63, 3.8) is 0 Å². The number of benzene rings is 7. The van der Waals surface area contributed by atoms with Crippen LogP contribution in [0.5, 0.6) is 0 Å². The molecule has 8 aromatic rings. The molecule has 3 nitrogen and oxygen atoms in total. The van der Waals surface area contributed by atoms with Crippen molar-refractivity contribution >= 4 is 12.2 Å². The Hall–Kier alpha value is -6.71. The van der Waals surface area contributed by atoms with Crippen LogP contribution in [-0.4, -0.2) is 15.0 Å². The zero-order chi connectivity index (χ0) is 33.8. The van der Waals surface area contributed by atoms with Crippen molar-refractivity contribution < 1.29 is 0 Å². The summed E-state index contributed by atoms with van der Waals surface area (Å²) in [6, 6.07) is 62.4. The Balaban J connectivity index is 1.20. The highest BCUT2D eigenvalue weighted by Gasteiger charge is 2.48. The van der Waals surface area contributed by atoms with E-state index in [-0.39, 0.29) is 0 Å². The van der Waals surface area contributed by atoms with Crippen LogP contribution in [0.15, 0.2) is 176 Å². The molecule has 1 aromatic heterocycles. The fourth-order valence-electron chi connectivity index (χ4n) is 8.11. The minimum Gasteiger partial charge on any atom is -0.208 e. The third kappa shape index (κ3) is 4.63. The molecule has 238 valence electrons. The maximum atomic E-state index is 5.17. The fourth-order valence-corrected chi connectivity index (χ4v) is 8.11. The largest absolute Gasteiger partial charge is 0.208 e. The Bertz CT molecular complexity index is 2590. The Kier molecular flexibility index (Phi) is 6.71. The van der Waals surface area contributed by atoms with E-state index in [1.54, 1.807) is 0 Å². The molecule has 2 aliphatic rings. The van der Waals surface area contributed by atoms with E-state index in [9.17, 15) is 0 Å². The minimum absolute atomic E-state index is 0.474. The first-order valence-electron chi connectivity index (χ1n) is 17.4. The smallest absolute Gasteiger partial charge is 0.164 e. The molecule has 2 aliphatic carbocycles. The molecule has 10 rings (SSSR count). The van der Waals surface area contributed by atoms with Gasteiger partial charge in [0.1, 0.15) is 0 Å². The number of nitrogens with zero attached hydrogens (tertiary/aromatic N) is 3. The van der Waals surface area contributed by atoms with Gasteiger partial charge in [-0.3, -0.25) is 0 Å². The van der Waals surface area contributed by atoms with Gasteiger partial charge in [-0.1, -0.05) is 176 Å². The second-order valence-electron chi connectivity index (χ2n) is 13.2. The molecule has 0 fully saturated rings. The van der Waals surface area contributed by atoms with Crippen LogP contribution in [0.4, 0.5) is 0 Å². The summed E-state index contributed by atoms with van der Waals surface area (Å²) in [6.07, 6.45) is 4.53. The molecular weight excluding hydrogens is 619 g/mol. The van der Waals surface area contributed by atoms with Crippen LogP contribution in [0.2, 0.25) is 0 Å². The molecule has 0 atom stereocenters. The highest BCUT2D eigenvalue weighted by atomic mass is 15.0. The summed E-state index contributed by atoms with van der Waals surface area (Å²) in [6.45, 7) is 0. The summed E-state index contributed by atoms with van der Waals surface area (Å²) in [5.41, 5.74) is 14.7. The van der Waals surface area contributed by atoms with Crippen LogP contribution in [0.1, 0.15) is 33.4 Å². The van der Waals surface area contributed by atoms with Crippen molar-refractivity contribution in [2.45, 2.75) is 5.41 Å². The average molecular weight is 650 g/mol. The topological polar surface area (TPSA) is 38.7 Å². The van der Waals surface area contributed by atoms with E-state index in [2.05, 4.69) is 164 Å². The maximum absolute atomic E-state index is 5.17. The van der Waals surface area contributed by atoms with E-state index in [0.29, 0.717) is 17.5 Å². The van der Waals surface area contributed by atoms with Gasteiger partial charge < -0.3 is 0 Å². The molecule has 0 aliphatic heterocycles. The highest BCUT2D eigenvalue weighted by molar-refractivity contribution is 5.92. The van der Waals surface area contributed by atoms with Crippen LogP contribution < -0.4 is 0 Å². The molecule has 51 heavy (non-hydrogen) atoms. The van der Waals surface area contributed by atoms with Gasteiger partial charge in [-0.05, 0) is 67.8 Å². The molecule has 7 aromatic carbocycles. The van der Waals surface area contributed by atoms with Crippen LogP contribution in [0.25, 0.3) is 68.6 Å². The number of aromatic nitrogens is 3. The van der Waals surface area contributed by atoms with Crippen molar-refractivity contribution in [3.8, 4) is 56.4 Å². The maximum Gasteiger partial charge on any atom is 0.164 e. The normalized spacial score (nSPS) is 13.2. The van der Waals surface area contributed by atoms with E-state index in [4.69, 9.17) is 15.0 Å². The summed E-state index contributed by atoms with van der Waals surface area (Å²) >= 11 is 0. The lowest BCUT2D eigenvalue weighted by Crippen LogP contribution is -2.29. The Morgan fingerprint density at radius 3 is 1.43 bits per heavy atom. The quantitative estimate of drug-likeness (QED) is 0.190. The Morgan fingerprint density at radius 1 is 0.294 bits per heavy atom. The predicted octanol–water partition coefficient (Wildman–Crippen LogP) is 11.4. The number of rotatable bonds is 4. The molecule has 1 heterocycles. The van der Waals surface area contributed by atoms with Crippen molar-refractivity contribution in [3.05, 3.63) is 209 Å². The zero-order valence-corrected chi connectivity index (χ0v) is 27.7. The molecule has 0 radical (unpaired) electrons. The van der Waals surface area contributed by atoms with E-state index < -0.39 is 5.41 Å². The van der Waals surface area contributed by atoms with Gasteiger partial charge >= 0.3 is 0 Å². The lowest BCUT2D eigenvalue weighted by Gasteiger charge is -2.35. The van der Waals surface area contributed by atoms with Gasteiger partial charge in [0.05, 0.1) is 5.41 Å². The van der Waals surface area contributed by atoms with Crippen LogP contribution in [-0.2, 0) is 5.41 Å². The molecule has 0 N–H and O–H groups in total. The second-order valence-corrected chi connectivity index (χ2v) is 13.2. The monoisotopic (exact) mass is 649 g/mol. The second kappa shape index (κ2) is 11.7. The summed E-state index contributed by atoms with van der Waals surface area (Å²) in [4.78, 5) is 15.3. The number of hydrogen-bond acceptors (Lipinski definition) is 3. The van der Waals surface area contributed by atoms with E-state index in [1.165, 1.54) is 44.5 Å². The van der Waals surface area contributed by atoms with Gasteiger partial charge in [0.15, 0.2) is 17.5 Å². The van der Waals surface area contributed by atoms with Crippen molar-refractivity contribution in [1.29, 1.82) is 0 Å². The molecule has 0 unspecified atom stereocenters. The third-order valence-corrected chi connectivity index (χ3v) is 10.4. The first-order valence-corrected chi connectivity index (χ1v) is 17.4. The standard InChI is InChI=1S/C48H31N3/c1-3-14-32(15-4-1)36-20-13-21-37(30-36)46-49-45(35-18-5-2-6-19-35)50-47(51-46)38-28-29-44-40(31-38)39-22-9-12-25-43(39)48(44)41-23-10-7-16-33(41)26-27-34-17-8-11-24-42(34)48/h1-31H. The molecule has 1 spiro atoms. The van der Waals surface area contributed by atoms with Gasteiger partial charge in [0, 0.05) is 16.7 Å². The van der Waals surface area contributed by atoms with Gasteiger partial charge in [-0.15, -0.1) is 0 Å². The molecule has 0 saturated carbocycles. The summed E-state index contributed by atoms with van der Waals surface area (Å²) < 4.78 is 0. The fraction of sp³-hybridized carbons (Fsp3) is 0.0208. The van der Waals surface area contributed by atoms with Crippen LogP contribution in [0, 0.1) is 0 Å². The molecule has 0 bridgehead atoms. The highest BCUT2D eigenvalue weighted by Crippen LogP contribution is 2.58. The summed E-state index contributed by atoms with van der Waals surface area (Å²) in [5.74, 6) is 1.94. The molecule has 0 saturated heterocycles. The summed E-state index contributed by atoms with van der Waals surface area (Å²) in [5, 5.41) is 0. The Morgan fingerprint density at radius 2 is 0.765 bits per heavy atom. The van der Waals surface area contributed by atoms with Crippen molar-refractivity contribution in [2.24, 2.45) is 0 Å². The Labute approximate surface area is 297 Å². The molecule has 0 amide bonds. The molecule has 3 heteroatoms. The van der Waals surface area contributed by atoms with Crippen molar-refractivity contribution in [2.75, 3.05) is 0 Å². The van der Waals surface area contributed by atoms with E-state index in [0.717, 1.165) is 27.8 Å². The minimum atomic E-state index is -0.474. The van der Waals surface area contributed by atoms with E-state index >= 15 is 0 Å². The lowest BCUT2D eigenvalue weighted by molar-refractivity contribution is 0.766. The van der Waals surface area contributed by atoms with Gasteiger partial charge in [-0.2, -0.15) is 0 Å². The first-order chi connectivity index (χ1) is 25.3. The van der Waals surface area contributed by atoms with Gasteiger partial charge in [-0.25, -0.2) is 15.0 Å². The van der Waals surface area contributed by atoms with E-state index in [1.807, 2.05) is 24.3 Å². The van der Waals surface area contributed by atoms with Crippen molar-refractivity contribution in [1.82, 2.24) is 15.0 Å². The van der Waals surface area contributed by atoms with Crippen LogP contribution >= 0.6 is 0 Å². The van der Waals surface area contributed by atoms with Crippen LogP contribution in [0.3, 0.4) is 0 Å². The lowest BCUT2D eigenvalue weighted by atomic mass is 9.66. The molecular formula is C48H31N3. The SMILES string of the molecule is C1=Cc2ccccc2C2(c3ccccc31)c1ccccc1-c1cc(-c3nc(-c4ccccc4)nc(-c4cccc(-c5ccccc5)c4)n3)ccc12. The third-order valence-electron chi connectivity index (χ3n) is 10.4. The van der Waals surface area contributed by atoms with Gasteiger partial charge in [0.2, 0.25) is 0 Å². The number of hydrogen-bond donors (Lipinski definition) is 0. The average Bonchev–Trinajstić information content (AvgIpc) is 3.41. The number of fused-ring (bicyclic) bond motifs is 9. The zero-order valence-electron chi connectivity index (χ0n) is 27.7. The first kappa shape index (κ1) is 29.2.